The summed E-state index contributed by atoms with van der Waals surface area (Å²) in [6.07, 6.45) is 4.31. The lowest BCUT2D eigenvalue weighted by Gasteiger charge is -2.32. The van der Waals surface area contributed by atoms with Crippen molar-refractivity contribution in [2.45, 2.75) is 45.6 Å². The Morgan fingerprint density at radius 3 is 2.25 bits per heavy atom. The van der Waals surface area contributed by atoms with Gasteiger partial charge in [0.1, 0.15) is 0 Å². The van der Waals surface area contributed by atoms with Gasteiger partial charge in [-0.3, -0.25) is 4.79 Å². The van der Waals surface area contributed by atoms with Gasteiger partial charge in [0.05, 0.1) is 6.42 Å². The van der Waals surface area contributed by atoms with Crippen LogP contribution in [0.1, 0.15) is 38.7 Å². The van der Waals surface area contributed by atoms with Crippen LogP contribution in [0.5, 0.6) is 0 Å². The van der Waals surface area contributed by atoms with Crippen LogP contribution in [0.15, 0.2) is 24.3 Å². The molecule has 2 atom stereocenters. The van der Waals surface area contributed by atoms with Crippen molar-refractivity contribution >= 4 is 11.6 Å². The van der Waals surface area contributed by atoms with Gasteiger partial charge in [0.25, 0.3) is 0 Å². The minimum Gasteiger partial charge on any atom is -0.382 e. The van der Waals surface area contributed by atoms with Gasteiger partial charge in [0.2, 0.25) is 5.91 Å². The van der Waals surface area contributed by atoms with Gasteiger partial charge in [-0.1, -0.05) is 26.0 Å². The van der Waals surface area contributed by atoms with Crippen LogP contribution < -0.4 is 10.6 Å². The van der Waals surface area contributed by atoms with Crippen LogP contribution in [0.4, 0.5) is 5.69 Å². The summed E-state index contributed by atoms with van der Waals surface area (Å²) in [5.74, 6) is 1.67. The molecule has 0 spiro atoms. The van der Waals surface area contributed by atoms with Crippen molar-refractivity contribution < 1.29 is 4.79 Å². The number of hydrogen-bond acceptors (Lipinski definition) is 2. The van der Waals surface area contributed by atoms with Gasteiger partial charge in [0.15, 0.2) is 0 Å². The zero-order valence-electron chi connectivity index (χ0n) is 12.8. The lowest BCUT2D eigenvalue weighted by atomic mass is 9.80. The molecule has 0 saturated heterocycles. The molecule has 0 heterocycles. The zero-order chi connectivity index (χ0) is 14.5. The van der Waals surface area contributed by atoms with E-state index in [9.17, 15) is 4.79 Å². The van der Waals surface area contributed by atoms with Gasteiger partial charge in [-0.15, -0.1) is 0 Å². The maximum Gasteiger partial charge on any atom is 0.224 e. The molecule has 0 bridgehead atoms. The SMILES string of the molecule is CNC(=O)Cc1ccc(NC2CC(C)CC(C)C2)cc1. The van der Waals surface area contributed by atoms with Gasteiger partial charge in [-0.25, -0.2) is 0 Å². The Hall–Kier alpha value is -1.51. The van der Waals surface area contributed by atoms with Crippen LogP contribution in [0.2, 0.25) is 0 Å². The molecule has 1 aromatic rings. The first-order valence-corrected chi connectivity index (χ1v) is 7.63. The molecule has 0 aliphatic heterocycles. The van der Waals surface area contributed by atoms with E-state index in [2.05, 4.69) is 36.6 Å². The molecule has 1 fully saturated rings. The topological polar surface area (TPSA) is 41.1 Å². The fourth-order valence-corrected chi connectivity index (χ4v) is 3.29. The van der Waals surface area contributed by atoms with Crippen molar-refractivity contribution in [3.8, 4) is 0 Å². The molecule has 1 saturated carbocycles. The van der Waals surface area contributed by atoms with Crippen molar-refractivity contribution in [1.82, 2.24) is 5.32 Å². The second kappa shape index (κ2) is 6.78. The lowest BCUT2D eigenvalue weighted by Crippen LogP contribution is -2.30. The van der Waals surface area contributed by atoms with Crippen molar-refractivity contribution in [2.75, 3.05) is 12.4 Å². The molecule has 1 aliphatic carbocycles. The second-order valence-electron chi connectivity index (χ2n) is 6.31. The van der Waals surface area contributed by atoms with Gasteiger partial charge >= 0.3 is 0 Å². The number of carbonyl (C=O) groups is 1. The number of anilines is 1. The molecule has 0 radical (unpaired) electrons. The highest BCUT2D eigenvalue weighted by Gasteiger charge is 2.23. The Labute approximate surface area is 122 Å². The first-order chi connectivity index (χ1) is 9.56. The predicted molar refractivity (Wildman–Crippen MR) is 83.8 cm³/mol. The Morgan fingerprint density at radius 2 is 1.70 bits per heavy atom. The monoisotopic (exact) mass is 274 g/mol. The highest BCUT2D eigenvalue weighted by atomic mass is 16.1. The Bertz CT molecular complexity index is 431. The molecule has 2 N–H and O–H groups in total. The minimum atomic E-state index is 0.0561. The number of amides is 1. The fraction of sp³-hybridized carbons (Fsp3) is 0.588. The second-order valence-corrected chi connectivity index (χ2v) is 6.31. The molecule has 2 rings (SSSR count). The van der Waals surface area contributed by atoms with E-state index in [0.29, 0.717) is 12.5 Å². The van der Waals surface area contributed by atoms with Crippen LogP contribution in [-0.2, 0) is 11.2 Å². The number of rotatable bonds is 4. The van der Waals surface area contributed by atoms with Crippen LogP contribution in [-0.4, -0.2) is 19.0 Å². The van der Waals surface area contributed by atoms with Crippen molar-refractivity contribution in [2.24, 2.45) is 11.8 Å². The third kappa shape index (κ3) is 4.26. The Kier molecular flexibility index (Phi) is 5.05. The minimum absolute atomic E-state index is 0.0561. The molecule has 1 amide bonds. The molecular formula is C17H26N2O. The van der Waals surface area contributed by atoms with E-state index in [1.807, 2.05) is 12.1 Å². The Morgan fingerprint density at radius 1 is 1.10 bits per heavy atom. The molecule has 3 heteroatoms. The summed E-state index contributed by atoms with van der Waals surface area (Å²) >= 11 is 0. The van der Waals surface area contributed by atoms with E-state index in [0.717, 1.165) is 23.1 Å². The van der Waals surface area contributed by atoms with E-state index < -0.39 is 0 Å². The van der Waals surface area contributed by atoms with Crippen LogP contribution in [0.25, 0.3) is 0 Å². The van der Waals surface area contributed by atoms with Crippen molar-refractivity contribution in [1.29, 1.82) is 0 Å². The van der Waals surface area contributed by atoms with Crippen molar-refractivity contribution in [3.63, 3.8) is 0 Å². The van der Waals surface area contributed by atoms with Gasteiger partial charge in [-0.2, -0.15) is 0 Å². The normalized spacial score (nSPS) is 26.1. The number of likely N-dealkylation sites (N-methyl/N-ethyl adjacent to an activating group) is 1. The quantitative estimate of drug-likeness (QED) is 0.885. The molecule has 0 aromatic heterocycles. The summed E-state index contributed by atoms with van der Waals surface area (Å²) in [6, 6.07) is 8.82. The van der Waals surface area contributed by atoms with Crippen LogP contribution in [0, 0.1) is 11.8 Å². The Balaban J connectivity index is 1.91. The third-order valence-corrected chi connectivity index (χ3v) is 4.15. The number of nitrogens with one attached hydrogen (secondary N) is 2. The number of benzene rings is 1. The van der Waals surface area contributed by atoms with E-state index in [4.69, 9.17) is 0 Å². The molecule has 2 unspecified atom stereocenters. The molecule has 1 aromatic carbocycles. The van der Waals surface area contributed by atoms with Gasteiger partial charge in [-0.05, 0) is 48.8 Å². The average molecular weight is 274 g/mol. The molecule has 1 aliphatic rings. The first-order valence-electron chi connectivity index (χ1n) is 7.63. The average Bonchev–Trinajstić information content (AvgIpc) is 2.39. The summed E-state index contributed by atoms with van der Waals surface area (Å²) < 4.78 is 0. The standard InChI is InChI=1S/C17H26N2O/c1-12-8-13(2)10-16(9-12)19-15-6-4-14(5-7-15)11-17(20)18-3/h4-7,12-13,16,19H,8-11H2,1-3H3,(H,18,20). The van der Waals surface area contributed by atoms with Crippen molar-refractivity contribution in [3.05, 3.63) is 29.8 Å². The van der Waals surface area contributed by atoms with E-state index in [1.165, 1.54) is 19.3 Å². The fourth-order valence-electron chi connectivity index (χ4n) is 3.29. The molecular weight excluding hydrogens is 248 g/mol. The van der Waals surface area contributed by atoms with Crippen LogP contribution >= 0.6 is 0 Å². The summed E-state index contributed by atoms with van der Waals surface area (Å²) in [7, 11) is 1.67. The lowest BCUT2D eigenvalue weighted by molar-refractivity contribution is -0.119. The maximum absolute atomic E-state index is 11.3. The first kappa shape index (κ1) is 14.9. The van der Waals surface area contributed by atoms with Crippen LogP contribution in [0.3, 0.4) is 0 Å². The highest BCUT2D eigenvalue weighted by molar-refractivity contribution is 5.78. The molecule has 20 heavy (non-hydrogen) atoms. The highest BCUT2D eigenvalue weighted by Crippen LogP contribution is 2.30. The van der Waals surface area contributed by atoms with E-state index in [1.54, 1.807) is 7.05 Å². The summed E-state index contributed by atoms with van der Waals surface area (Å²) in [6.45, 7) is 4.69. The van der Waals surface area contributed by atoms with E-state index >= 15 is 0 Å². The summed E-state index contributed by atoms with van der Waals surface area (Å²) in [5.41, 5.74) is 2.22. The summed E-state index contributed by atoms with van der Waals surface area (Å²) in [4.78, 5) is 11.3. The smallest absolute Gasteiger partial charge is 0.224 e. The summed E-state index contributed by atoms with van der Waals surface area (Å²) in [5, 5.41) is 6.28. The van der Waals surface area contributed by atoms with Gasteiger partial charge in [0, 0.05) is 18.8 Å². The molecule has 110 valence electrons. The third-order valence-electron chi connectivity index (χ3n) is 4.15. The van der Waals surface area contributed by atoms with Gasteiger partial charge < -0.3 is 10.6 Å². The zero-order valence-corrected chi connectivity index (χ0v) is 12.8. The number of carbonyl (C=O) groups excluding carboxylic acids is 1. The van der Waals surface area contributed by atoms with E-state index in [-0.39, 0.29) is 5.91 Å². The largest absolute Gasteiger partial charge is 0.382 e. The maximum atomic E-state index is 11.3. The predicted octanol–water partition coefficient (Wildman–Crippen LogP) is 3.21. The molecule has 3 nitrogen and oxygen atoms in total. The number of hydrogen-bond donors (Lipinski definition) is 2.